The lowest BCUT2D eigenvalue weighted by Crippen LogP contribution is -2.02. The van der Waals surface area contributed by atoms with Crippen LogP contribution in [0.1, 0.15) is 29.4 Å². The van der Waals surface area contributed by atoms with E-state index in [0.717, 1.165) is 30.0 Å². The first-order chi connectivity index (χ1) is 8.69. The predicted molar refractivity (Wildman–Crippen MR) is 76.9 cm³/mol. The van der Waals surface area contributed by atoms with Crippen LogP contribution in [-0.4, -0.2) is 4.98 Å². The Morgan fingerprint density at radius 1 is 0.944 bits per heavy atom. The largest absolute Gasteiger partial charge is 0.380 e. The zero-order chi connectivity index (χ0) is 13.0. The van der Waals surface area contributed by atoms with Crippen molar-refractivity contribution in [3.8, 4) is 0 Å². The van der Waals surface area contributed by atoms with Gasteiger partial charge in [0.2, 0.25) is 0 Å². The Kier molecular flexibility index (Phi) is 3.98. The van der Waals surface area contributed by atoms with Crippen LogP contribution in [0.25, 0.3) is 0 Å². The lowest BCUT2D eigenvalue weighted by Gasteiger charge is -2.10. The van der Waals surface area contributed by atoms with Gasteiger partial charge in [-0.05, 0) is 43.5 Å². The van der Waals surface area contributed by atoms with E-state index in [-0.39, 0.29) is 0 Å². The van der Waals surface area contributed by atoms with Crippen LogP contribution in [0.3, 0.4) is 0 Å². The summed E-state index contributed by atoms with van der Waals surface area (Å²) < 4.78 is 0. The first-order valence-electron chi connectivity index (χ1n) is 6.45. The van der Waals surface area contributed by atoms with Crippen LogP contribution in [0.15, 0.2) is 36.4 Å². The molecule has 0 aliphatic carbocycles. The molecule has 0 saturated carbocycles. The second-order valence-electron chi connectivity index (χ2n) is 4.61. The molecule has 2 nitrogen and oxygen atoms in total. The van der Waals surface area contributed by atoms with E-state index in [0.29, 0.717) is 0 Å². The van der Waals surface area contributed by atoms with Crippen molar-refractivity contribution in [2.75, 3.05) is 5.32 Å². The van der Waals surface area contributed by atoms with E-state index in [1.54, 1.807) is 0 Å². The van der Waals surface area contributed by atoms with Crippen LogP contribution in [0.5, 0.6) is 0 Å². The Labute approximate surface area is 109 Å². The first kappa shape index (κ1) is 12.6. The van der Waals surface area contributed by atoms with Crippen LogP contribution in [-0.2, 0) is 13.0 Å². The van der Waals surface area contributed by atoms with Crippen LogP contribution >= 0.6 is 0 Å². The summed E-state index contributed by atoms with van der Waals surface area (Å²) in [6, 6.07) is 12.9. The number of nitrogens with zero attached hydrogens (tertiary/aromatic N) is 1. The molecule has 0 amide bonds. The van der Waals surface area contributed by atoms with Gasteiger partial charge in [-0.3, -0.25) is 4.98 Å². The van der Waals surface area contributed by atoms with Gasteiger partial charge < -0.3 is 5.32 Å². The van der Waals surface area contributed by atoms with E-state index in [2.05, 4.69) is 47.6 Å². The lowest BCUT2D eigenvalue weighted by atomic mass is 10.1. The molecule has 1 aromatic carbocycles. The fourth-order valence-corrected chi connectivity index (χ4v) is 1.96. The summed E-state index contributed by atoms with van der Waals surface area (Å²) in [5.41, 5.74) is 5.91. The minimum absolute atomic E-state index is 0.843. The van der Waals surface area contributed by atoms with Gasteiger partial charge in [-0.15, -0.1) is 0 Å². The number of benzene rings is 1. The van der Waals surface area contributed by atoms with E-state index < -0.39 is 0 Å². The average molecular weight is 240 g/mol. The van der Waals surface area contributed by atoms with Crippen LogP contribution < -0.4 is 5.32 Å². The highest BCUT2D eigenvalue weighted by molar-refractivity contribution is 5.48. The molecule has 0 saturated heterocycles. The van der Waals surface area contributed by atoms with Gasteiger partial charge in [-0.1, -0.05) is 31.2 Å². The number of nitrogens with one attached hydrogen (secondary N) is 1. The third kappa shape index (κ3) is 3.10. The normalized spacial score (nSPS) is 10.4. The van der Waals surface area contributed by atoms with E-state index in [1.807, 2.05) is 19.9 Å². The number of aryl methyl sites for hydroxylation is 3. The molecular formula is C16H20N2. The van der Waals surface area contributed by atoms with E-state index in [4.69, 9.17) is 0 Å². The van der Waals surface area contributed by atoms with E-state index in [1.165, 1.54) is 11.1 Å². The lowest BCUT2D eigenvalue weighted by molar-refractivity contribution is 1.07. The van der Waals surface area contributed by atoms with Gasteiger partial charge in [-0.25, -0.2) is 0 Å². The zero-order valence-corrected chi connectivity index (χ0v) is 11.3. The maximum atomic E-state index is 4.45. The summed E-state index contributed by atoms with van der Waals surface area (Å²) in [5.74, 6) is 0. The van der Waals surface area contributed by atoms with Crippen molar-refractivity contribution in [2.24, 2.45) is 0 Å². The third-order valence-corrected chi connectivity index (χ3v) is 3.14. The number of hydrogen-bond acceptors (Lipinski definition) is 2. The van der Waals surface area contributed by atoms with Crippen molar-refractivity contribution >= 4 is 5.69 Å². The highest BCUT2D eigenvalue weighted by Gasteiger charge is 1.99. The number of pyridine rings is 1. The van der Waals surface area contributed by atoms with Crippen LogP contribution in [0.4, 0.5) is 5.69 Å². The Bertz CT molecular complexity index is 515. The molecule has 2 heteroatoms. The summed E-state index contributed by atoms with van der Waals surface area (Å²) in [7, 11) is 0. The van der Waals surface area contributed by atoms with Gasteiger partial charge >= 0.3 is 0 Å². The fraction of sp³-hybridized carbons (Fsp3) is 0.312. The van der Waals surface area contributed by atoms with Crippen molar-refractivity contribution < 1.29 is 0 Å². The molecule has 0 unspecified atom stereocenters. The molecule has 0 fully saturated rings. The van der Waals surface area contributed by atoms with Gasteiger partial charge in [0, 0.05) is 12.2 Å². The summed E-state index contributed by atoms with van der Waals surface area (Å²) in [6.07, 6.45) is 1.09. The van der Waals surface area contributed by atoms with Gasteiger partial charge in [-0.2, -0.15) is 0 Å². The maximum Gasteiger partial charge on any atom is 0.0606 e. The Morgan fingerprint density at radius 3 is 2.22 bits per heavy atom. The molecule has 94 valence electrons. The fourth-order valence-electron chi connectivity index (χ4n) is 1.96. The van der Waals surface area contributed by atoms with Crippen molar-refractivity contribution in [3.63, 3.8) is 0 Å². The molecule has 0 aliphatic rings. The smallest absolute Gasteiger partial charge is 0.0606 e. The third-order valence-electron chi connectivity index (χ3n) is 3.14. The molecule has 2 aromatic rings. The molecule has 0 atom stereocenters. The molecule has 2 rings (SSSR count). The summed E-state index contributed by atoms with van der Waals surface area (Å²) in [4.78, 5) is 4.45. The molecule has 0 bridgehead atoms. The van der Waals surface area contributed by atoms with Gasteiger partial charge in [0.15, 0.2) is 0 Å². The number of hydrogen-bond donors (Lipinski definition) is 1. The summed E-state index contributed by atoms with van der Waals surface area (Å²) in [6.45, 7) is 7.07. The SMILES string of the molecule is CCc1ccc(CNc2ccc(C)nc2C)cc1. The zero-order valence-electron chi connectivity index (χ0n) is 11.3. The Balaban J connectivity index is 2.02. The van der Waals surface area contributed by atoms with Crippen LogP contribution in [0, 0.1) is 13.8 Å². The molecule has 18 heavy (non-hydrogen) atoms. The van der Waals surface area contributed by atoms with Gasteiger partial charge in [0.05, 0.1) is 11.4 Å². The molecule has 0 radical (unpaired) electrons. The van der Waals surface area contributed by atoms with Crippen molar-refractivity contribution in [1.29, 1.82) is 0 Å². The number of rotatable bonds is 4. The summed E-state index contributed by atoms with van der Waals surface area (Å²) >= 11 is 0. The second kappa shape index (κ2) is 5.67. The average Bonchev–Trinajstić information content (AvgIpc) is 2.38. The topological polar surface area (TPSA) is 24.9 Å². The molecule has 1 N–H and O–H groups in total. The molecule has 0 aliphatic heterocycles. The highest BCUT2D eigenvalue weighted by Crippen LogP contribution is 2.14. The van der Waals surface area contributed by atoms with Crippen LogP contribution in [0.2, 0.25) is 0 Å². The number of anilines is 1. The monoisotopic (exact) mass is 240 g/mol. The van der Waals surface area contributed by atoms with Crippen molar-refractivity contribution in [1.82, 2.24) is 4.98 Å². The number of aromatic nitrogens is 1. The van der Waals surface area contributed by atoms with Crippen molar-refractivity contribution in [3.05, 3.63) is 58.9 Å². The standard InChI is InChI=1S/C16H20N2/c1-4-14-6-8-15(9-7-14)11-17-16-10-5-12(2)18-13(16)3/h5-10,17H,4,11H2,1-3H3. The van der Waals surface area contributed by atoms with Crippen molar-refractivity contribution in [2.45, 2.75) is 33.7 Å². The molecule has 1 heterocycles. The molecule has 1 aromatic heterocycles. The van der Waals surface area contributed by atoms with Gasteiger partial charge in [0.25, 0.3) is 0 Å². The minimum Gasteiger partial charge on any atom is -0.380 e. The predicted octanol–water partition coefficient (Wildman–Crippen LogP) is 3.87. The Morgan fingerprint density at radius 2 is 1.61 bits per heavy atom. The Hall–Kier alpha value is -1.83. The maximum absolute atomic E-state index is 4.45. The van der Waals surface area contributed by atoms with E-state index in [9.17, 15) is 0 Å². The molecule has 0 spiro atoms. The van der Waals surface area contributed by atoms with Gasteiger partial charge in [0.1, 0.15) is 0 Å². The quantitative estimate of drug-likeness (QED) is 0.877. The second-order valence-corrected chi connectivity index (χ2v) is 4.61. The first-order valence-corrected chi connectivity index (χ1v) is 6.45. The van der Waals surface area contributed by atoms with E-state index >= 15 is 0 Å². The summed E-state index contributed by atoms with van der Waals surface area (Å²) in [5, 5.41) is 3.43. The minimum atomic E-state index is 0.843. The highest BCUT2D eigenvalue weighted by atomic mass is 14.9. The molecular weight excluding hydrogens is 220 g/mol.